The van der Waals surface area contributed by atoms with E-state index in [-0.39, 0.29) is 16.6 Å². The fraction of sp³-hybridized carbons (Fsp3) is 0.588. The van der Waals surface area contributed by atoms with Gasteiger partial charge in [0.2, 0.25) is 0 Å². The molecule has 1 aliphatic heterocycles. The molecule has 1 aromatic carbocycles. The Morgan fingerprint density at radius 3 is 2.70 bits per heavy atom. The molecule has 6 heteroatoms. The molecule has 2 rings (SSSR count). The maximum Gasteiger partial charge on any atom is 0.254 e. The topological polar surface area (TPSA) is 41.6 Å². The van der Waals surface area contributed by atoms with Crippen LogP contribution < -0.4 is 5.32 Å². The second-order valence-corrected chi connectivity index (χ2v) is 6.70. The first-order chi connectivity index (χ1) is 11.0. The minimum atomic E-state index is -0.596. The third-order valence-corrected chi connectivity index (χ3v) is 4.21. The molecule has 1 amide bonds. The summed E-state index contributed by atoms with van der Waals surface area (Å²) in [7, 11) is 0. The molecule has 1 heterocycles. The van der Waals surface area contributed by atoms with Crippen LogP contribution in [0.3, 0.4) is 0 Å². The van der Waals surface area contributed by atoms with Gasteiger partial charge in [-0.2, -0.15) is 0 Å². The smallest absolute Gasteiger partial charge is 0.254 e. The average Bonchev–Trinajstić information content (AvgIpc) is 2.51. The van der Waals surface area contributed by atoms with Crippen molar-refractivity contribution in [1.29, 1.82) is 0 Å². The van der Waals surface area contributed by atoms with Gasteiger partial charge in [-0.15, -0.1) is 0 Å². The first-order valence-electron chi connectivity index (χ1n) is 8.02. The largest absolute Gasteiger partial charge is 0.379 e. The lowest BCUT2D eigenvalue weighted by molar-refractivity contribution is 0.0124. The normalized spacial score (nSPS) is 17.3. The number of nitrogens with one attached hydrogen (secondary N) is 1. The first-order valence-corrected chi connectivity index (χ1v) is 8.40. The van der Waals surface area contributed by atoms with Crippen LogP contribution in [-0.2, 0) is 4.74 Å². The molecule has 4 nitrogen and oxygen atoms in total. The Balaban J connectivity index is 1.97. The van der Waals surface area contributed by atoms with Crippen LogP contribution in [0.1, 0.15) is 30.6 Å². The zero-order valence-electron chi connectivity index (χ0n) is 13.6. The highest BCUT2D eigenvalue weighted by Gasteiger charge is 2.23. The number of ether oxygens (including phenoxy) is 1. The minimum Gasteiger partial charge on any atom is -0.379 e. The molecule has 0 aliphatic carbocycles. The molecule has 0 bridgehead atoms. The van der Waals surface area contributed by atoms with E-state index < -0.39 is 11.7 Å². The molecule has 0 saturated carbocycles. The molecule has 1 N–H and O–H groups in total. The Kier molecular flexibility index (Phi) is 6.81. The van der Waals surface area contributed by atoms with Crippen molar-refractivity contribution in [2.45, 2.75) is 26.3 Å². The van der Waals surface area contributed by atoms with Gasteiger partial charge in [0, 0.05) is 30.7 Å². The summed E-state index contributed by atoms with van der Waals surface area (Å²) in [5.74, 6) is -0.477. The third-order valence-electron chi connectivity index (χ3n) is 3.98. The second-order valence-electron chi connectivity index (χ2n) is 6.27. The number of hydrogen-bond acceptors (Lipinski definition) is 3. The lowest BCUT2D eigenvalue weighted by Crippen LogP contribution is -2.49. The minimum absolute atomic E-state index is 0.0275. The summed E-state index contributed by atoms with van der Waals surface area (Å²) in [4.78, 5) is 14.5. The molecule has 1 aliphatic rings. The summed E-state index contributed by atoms with van der Waals surface area (Å²) in [6, 6.07) is 4.33. The van der Waals surface area contributed by atoms with E-state index in [1.54, 1.807) is 0 Å². The van der Waals surface area contributed by atoms with E-state index in [1.165, 1.54) is 12.1 Å². The summed E-state index contributed by atoms with van der Waals surface area (Å²) in [5.41, 5.74) is 0.0275. The first kappa shape index (κ1) is 18.2. The lowest BCUT2D eigenvalue weighted by atomic mass is 10.0. The van der Waals surface area contributed by atoms with Crippen LogP contribution in [0.15, 0.2) is 18.2 Å². The Bertz CT molecular complexity index is 533. The molecule has 1 atom stereocenters. The second kappa shape index (κ2) is 8.62. The van der Waals surface area contributed by atoms with Gasteiger partial charge in [-0.05, 0) is 30.5 Å². The standard InChI is InChI=1S/C17H24ClFN2O2/c1-12(2)9-14(21-5-7-23-8-6-21)11-20-17(22)15-4-3-13(18)10-16(15)19/h3-4,10,12,14H,5-9,11H2,1-2H3,(H,20,22)/t14-/m1/s1. The molecular formula is C17H24ClFN2O2. The number of benzene rings is 1. The van der Waals surface area contributed by atoms with Crippen LogP contribution in [0.25, 0.3) is 0 Å². The van der Waals surface area contributed by atoms with E-state index in [1.807, 2.05) is 0 Å². The third kappa shape index (κ3) is 5.44. The van der Waals surface area contributed by atoms with Crippen molar-refractivity contribution >= 4 is 17.5 Å². The van der Waals surface area contributed by atoms with Crippen molar-refractivity contribution < 1.29 is 13.9 Å². The van der Waals surface area contributed by atoms with Gasteiger partial charge in [-0.1, -0.05) is 25.4 Å². The Hall–Kier alpha value is -1.17. The number of nitrogens with zero attached hydrogens (tertiary/aromatic N) is 1. The molecule has 0 radical (unpaired) electrons. The Morgan fingerprint density at radius 2 is 2.09 bits per heavy atom. The van der Waals surface area contributed by atoms with Gasteiger partial charge < -0.3 is 10.1 Å². The maximum absolute atomic E-state index is 13.8. The fourth-order valence-electron chi connectivity index (χ4n) is 2.83. The van der Waals surface area contributed by atoms with Crippen molar-refractivity contribution in [2.24, 2.45) is 5.92 Å². The van der Waals surface area contributed by atoms with E-state index in [9.17, 15) is 9.18 Å². The molecule has 128 valence electrons. The number of halogens is 2. The summed E-state index contributed by atoms with van der Waals surface area (Å²) in [6.45, 7) is 7.98. The molecule has 23 heavy (non-hydrogen) atoms. The van der Waals surface area contributed by atoms with Crippen LogP contribution in [0.2, 0.25) is 5.02 Å². The van der Waals surface area contributed by atoms with Crippen LogP contribution in [-0.4, -0.2) is 49.7 Å². The number of hydrogen-bond donors (Lipinski definition) is 1. The van der Waals surface area contributed by atoms with E-state index in [2.05, 4.69) is 24.1 Å². The van der Waals surface area contributed by atoms with Crippen LogP contribution in [0.5, 0.6) is 0 Å². The molecule has 0 unspecified atom stereocenters. The van der Waals surface area contributed by atoms with Crippen molar-refractivity contribution in [1.82, 2.24) is 10.2 Å². The lowest BCUT2D eigenvalue weighted by Gasteiger charge is -2.35. The number of amides is 1. The van der Waals surface area contributed by atoms with Gasteiger partial charge >= 0.3 is 0 Å². The number of morpholine rings is 1. The van der Waals surface area contributed by atoms with Gasteiger partial charge in [-0.25, -0.2) is 4.39 Å². The van der Waals surface area contributed by atoms with E-state index in [0.717, 1.165) is 25.6 Å². The molecule has 1 saturated heterocycles. The predicted molar refractivity (Wildman–Crippen MR) is 89.4 cm³/mol. The van der Waals surface area contributed by atoms with E-state index in [0.29, 0.717) is 25.7 Å². The molecular weight excluding hydrogens is 319 g/mol. The van der Waals surface area contributed by atoms with Gasteiger partial charge in [0.1, 0.15) is 5.82 Å². The highest BCUT2D eigenvalue weighted by Crippen LogP contribution is 2.16. The summed E-state index contributed by atoms with van der Waals surface area (Å²) < 4.78 is 19.2. The SMILES string of the molecule is CC(C)C[C@H](CNC(=O)c1ccc(Cl)cc1F)N1CCOCC1. The van der Waals surface area contributed by atoms with Crippen molar-refractivity contribution in [3.8, 4) is 0 Å². The quantitative estimate of drug-likeness (QED) is 0.864. The number of carbonyl (C=O) groups excluding carboxylic acids is 1. The zero-order chi connectivity index (χ0) is 16.8. The molecule has 1 fully saturated rings. The van der Waals surface area contributed by atoms with Crippen LogP contribution in [0.4, 0.5) is 4.39 Å². The van der Waals surface area contributed by atoms with Crippen molar-refractivity contribution in [2.75, 3.05) is 32.8 Å². The fourth-order valence-corrected chi connectivity index (χ4v) is 2.99. The highest BCUT2D eigenvalue weighted by atomic mass is 35.5. The van der Waals surface area contributed by atoms with Crippen LogP contribution in [0, 0.1) is 11.7 Å². The number of carbonyl (C=O) groups is 1. The Labute approximate surface area is 141 Å². The summed E-state index contributed by atoms with van der Waals surface area (Å²) in [5, 5.41) is 3.14. The molecule has 0 aromatic heterocycles. The summed E-state index contributed by atoms with van der Waals surface area (Å²) >= 11 is 5.72. The summed E-state index contributed by atoms with van der Waals surface area (Å²) in [6.07, 6.45) is 0.976. The number of rotatable bonds is 6. The predicted octanol–water partition coefficient (Wildman–Crippen LogP) is 2.96. The van der Waals surface area contributed by atoms with Gasteiger partial charge in [-0.3, -0.25) is 9.69 Å². The van der Waals surface area contributed by atoms with Crippen molar-refractivity contribution in [3.05, 3.63) is 34.6 Å². The van der Waals surface area contributed by atoms with Crippen LogP contribution >= 0.6 is 11.6 Å². The monoisotopic (exact) mass is 342 g/mol. The van der Waals surface area contributed by atoms with Gasteiger partial charge in [0.15, 0.2) is 0 Å². The van der Waals surface area contributed by atoms with E-state index in [4.69, 9.17) is 16.3 Å². The molecule has 1 aromatic rings. The van der Waals surface area contributed by atoms with Crippen molar-refractivity contribution in [3.63, 3.8) is 0 Å². The zero-order valence-corrected chi connectivity index (χ0v) is 14.4. The highest BCUT2D eigenvalue weighted by molar-refractivity contribution is 6.30. The Morgan fingerprint density at radius 1 is 1.39 bits per heavy atom. The maximum atomic E-state index is 13.8. The van der Waals surface area contributed by atoms with E-state index >= 15 is 0 Å². The van der Waals surface area contributed by atoms with Gasteiger partial charge in [0.05, 0.1) is 18.8 Å². The molecule has 0 spiro atoms. The van der Waals surface area contributed by atoms with Gasteiger partial charge in [0.25, 0.3) is 5.91 Å². The average molecular weight is 343 g/mol.